The molecule has 0 radical (unpaired) electrons. The number of hydrogen-bond donors (Lipinski definition) is 1. The fourth-order valence-electron chi connectivity index (χ4n) is 2.29. The summed E-state index contributed by atoms with van der Waals surface area (Å²) in [7, 11) is 0. The standard InChI is InChI=1S/C13H25F3N2O/c1-11(2)18(7-8-19-10-13(14,15)16)9-12-5-3-4-6-17-12/h11-12,17H,3-10H2,1-2H3. The fourth-order valence-corrected chi connectivity index (χ4v) is 2.29. The van der Waals surface area contributed by atoms with Gasteiger partial charge in [-0.1, -0.05) is 6.42 Å². The molecule has 1 fully saturated rings. The molecule has 1 saturated heterocycles. The lowest BCUT2D eigenvalue weighted by Crippen LogP contribution is -2.47. The van der Waals surface area contributed by atoms with E-state index in [1.807, 2.05) is 0 Å². The van der Waals surface area contributed by atoms with Crippen molar-refractivity contribution in [3.05, 3.63) is 0 Å². The Kier molecular flexibility index (Phi) is 7.10. The maximum atomic E-state index is 12.0. The molecule has 0 aromatic carbocycles. The first-order chi connectivity index (χ1) is 8.88. The van der Waals surface area contributed by atoms with E-state index in [9.17, 15) is 13.2 Å². The van der Waals surface area contributed by atoms with Gasteiger partial charge in [-0.05, 0) is 33.2 Å². The van der Waals surface area contributed by atoms with Gasteiger partial charge in [0, 0.05) is 25.2 Å². The van der Waals surface area contributed by atoms with Gasteiger partial charge in [0.1, 0.15) is 6.61 Å². The van der Waals surface area contributed by atoms with E-state index in [1.165, 1.54) is 12.8 Å². The van der Waals surface area contributed by atoms with Gasteiger partial charge in [-0.15, -0.1) is 0 Å². The Bertz CT molecular complexity index is 241. The molecule has 0 saturated carbocycles. The van der Waals surface area contributed by atoms with Crippen LogP contribution in [0.4, 0.5) is 13.2 Å². The molecule has 114 valence electrons. The number of rotatable bonds is 7. The second-order valence-corrected chi connectivity index (χ2v) is 5.40. The summed E-state index contributed by atoms with van der Waals surface area (Å²) in [4.78, 5) is 2.18. The number of halogens is 3. The van der Waals surface area contributed by atoms with Crippen molar-refractivity contribution in [3.8, 4) is 0 Å². The monoisotopic (exact) mass is 282 g/mol. The molecule has 0 spiro atoms. The highest BCUT2D eigenvalue weighted by molar-refractivity contribution is 4.77. The van der Waals surface area contributed by atoms with Crippen LogP contribution in [0.25, 0.3) is 0 Å². The van der Waals surface area contributed by atoms with Crippen LogP contribution in [-0.4, -0.2) is 56.0 Å². The van der Waals surface area contributed by atoms with Crippen molar-refractivity contribution < 1.29 is 17.9 Å². The highest BCUT2D eigenvalue weighted by Gasteiger charge is 2.27. The van der Waals surface area contributed by atoms with Gasteiger partial charge < -0.3 is 10.1 Å². The molecule has 3 nitrogen and oxygen atoms in total. The van der Waals surface area contributed by atoms with E-state index in [-0.39, 0.29) is 6.61 Å². The molecule has 0 aliphatic carbocycles. The van der Waals surface area contributed by atoms with Crippen LogP contribution in [0.1, 0.15) is 33.1 Å². The maximum Gasteiger partial charge on any atom is 0.411 e. The van der Waals surface area contributed by atoms with Crippen LogP contribution in [-0.2, 0) is 4.74 Å². The largest absolute Gasteiger partial charge is 0.411 e. The first-order valence-electron chi connectivity index (χ1n) is 7.00. The molecule has 0 aromatic heterocycles. The zero-order valence-corrected chi connectivity index (χ0v) is 11.8. The van der Waals surface area contributed by atoms with Gasteiger partial charge in [0.25, 0.3) is 0 Å². The first kappa shape index (κ1) is 16.7. The minimum atomic E-state index is -4.23. The van der Waals surface area contributed by atoms with Crippen molar-refractivity contribution in [1.82, 2.24) is 10.2 Å². The van der Waals surface area contributed by atoms with Gasteiger partial charge in [0.05, 0.1) is 6.61 Å². The highest BCUT2D eigenvalue weighted by Crippen LogP contribution is 2.14. The van der Waals surface area contributed by atoms with Crippen molar-refractivity contribution in [2.75, 3.05) is 32.8 Å². The van der Waals surface area contributed by atoms with E-state index in [0.29, 0.717) is 18.6 Å². The summed E-state index contributed by atoms with van der Waals surface area (Å²) >= 11 is 0. The topological polar surface area (TPSA) is 24.5 Å². The summed E-state index contributed by atoms with van der Waals surface area (Å²) in [6.45, 7) is 5.57. The quantitative estimate of drug-likeness (QED) is 0.726. The van der Waals surface area contributed by atoms with Gasteiger partial charge >= 0.3 is 6.18 Å². The van der Waals surface area contributed by atoms with E-state index in [1.54, 1.807) is 0 Å². The molecule has 1 atom stereocenters. The lowest BCUT2D eigenvalue weighted by molar-refractivity contribution is -0.174. The van der Waals surface area contributed by atoms with Crippen LogP contribution in [0.3, 0.4) is 0 Å². The molecule has 6 heteroatoms. The average molecular weight is 282 g/mol. The van der Waals surface area contributed by atoms with Gasteiger partial charge in [0.15, 0.2) is 0 Å². The Hall–Kier alpha value is -0.330. The maximum absolute atomic E-state index is 12.0. The van der Waals surface area contributed by atoms with Crippen molar-refractivity contribution >= 4 is 0 Å². The molecule has 1 unspecified atom stereocenters. The van der Waals surface area contributed by atoms with E-state index >= 15 is 0 Å². The Balaban J connectivity index is 2.24. The third kappa shape index (κ3) is 7.74. The SMILES string of the molecule is CC(C)N(CCOCC(F)(F)F)CC1CCCCN1. The number of hydrogen-bond acceptors (Lipinski definition) is 3. The predicted octanol–water partition coefficient (Wildman–Crippen LogP) is 2.42. The van der Waals surface area contributed by atoms with Crippen molar-refractivity contribution in [2.24, 2.45) is 0 Å². The molecule has 1 rings (SSSR count). The van der Waals surface area contributed by atoms with Gasteiger partial charge in [-0.2, -0.15) is 13.2 Å². The highest BCUT2D eigenvalue weighted by atomic mass is 19.4. The molecule has 1 aliphatic heterocycles. The summed E-state index contributed by atoms with van der Waals surface area (Å²) in [6, 6.07) is 0.775. The number of nitrogens with one attached hydrogen (secondary N) is 1. The molecule has 0 aromatic rings. The van der Waals surface area contributed by atoms with Crippen LogP contribution in [0.5, 0.6) is 0 Å². The fraction of sp³-hybridized carbons (Fsp3) is 1.00. The zero-order chi connectivity index (χ0) is 14.3. The molecule has 1 aliphatic rings. The Morgan fingerprint density at radius 2 is 2.05 bits per heavy atom. The van der Waals surface area contributed by atoms with Crippen molar-refractivity contribution in [1.29, 1.82) is 0 Å². The first-order valence-corrected chi connectivity index (χ1v) is 7.00. The van der Waals surface area contributed by atoms with Crippen molar-refractivity contribution in [3.63, 3.8) is 0 Å². The molecule has 1 heterocycles. The Labute approximate surface area is 113 Å². The normalized spacial score (nSPS) is 21.3. The molecular weight excluding hydrogens is 257 g/mol. The Morgan fingerprint density at radius 3 is 2.58 bits per heavy atom. The van der Waals surface area contributed by atoms with Crippen LogP contribution < -0.4 is 5.32 Å². The Morgan fingerprint density at radius 1 is 1.32 bits per heavy atom. The van der Waals surface area contributed by atoms with Crippen LogP contribution in [0, 0.1) is 0 Å². The average Bonchev–Trinajstić information content (AvgIpc) is 2.33. The summed E-state index contributed by atoms with van der Waals surface area (Å²) in [5.74, 6) is 0. The summed E-state index contributed by atoms with van der Waals surface area (Å²) in [6.07, 6.45) is -0.638. The number of piperidine rings is 1. The van der Waals surface area contributed by atoms with Crippen molar-refractivity contribution in [2.45, 2.75) is 51.4 Å². The third-order valence-electron chi connectivity index (χ3n) is 3.39. The minimum Gasteiger partial charge on any atom is -0.371 e. The van der Waals surface area contributed by atoms with Gasteiger partial charge in [-0.3, -0.25) is 4.90 Å². The number of alkyl halides is 3. The molecule has 19 heavy (non-hydrogen) atoms. The number of nitrogens with zero attached hydrogens (tertiary/aromatic N) is 1. The summed E-state index contributed by atoms with van der Waals surface area (Å²) in [5, 5.41) is 3.46. The van der Waals surface area contributed by atoms with E-state index < -0.39 is 12.8 Å². The second-order valence-electron chi connectivity index (χ2n) is 5.40. The summed E-state index contributed by atoms with van der Waals surface area (Å²) in [5.41, 5.74) is 0. The van der Waals surface area contributed by atoms with Crippen LogP contribution >= 0.6 is 0 Å². The predicted molar refractivity (Wildman–Crippen MR) is 69.2 cm³/mol. The van der Waals surface area contributed by atoms with Gasteiger partial charge in [0.2, 0.25) is 0 Å². The van der Waals surface area contributed by atoms with E-state index in [0.717, 1.165) is 19.5 Å². The molecule has 1 N–H and O–H groups in total. The lowest BCUT2D eigenvalue weighted by atomic mass is 10.0. The minimum absolute atomic E-state index is 0.129. The zero-order valence-electron chi connectivity index (χ0n) is 11.8. The second kappa shape index (κ2) is 8.07. The number of ether oxygens (including phenoxy) is 1. The molecule has 0 bridgehead atoms. The molecule has 0 amide bonds. The van der Waals surface area contributed by atoms with E-state index in [4.69, 9.17) is 0 Å². The van der Waals surface area contributed by atoms with Crippen LogP contribution in [0.2, 0.25) is 0 Å². The summed E-state index contributed by atoms with van der Waals surface area (Å²) < 4.78 is 40.6. The van der Waals surface area contributed by atoms with Crippen LogP contribution in [0.15, 0.2) is 0 Å². The molecular formula is C13H25F3N2O. The van der Waals surface area contributed by atoms with E-state index in [2.05, 4.69) is 28.8 Å². The lowest BCUT2D eigenvalue weighted by Gasteiger charge is -2.33. The smallest absolute Gasteiger partial charge is 0.371 e. The van der Waals surface area contributed by atoms with Gasteiger partial charge in [-0.25, -0.2) is 0 Å². The third-order valence-corrected chi connectivity index (χ3v) is 3.39.